The van der Waals surface area contributed by atoms with Gasteiger partial charge in [0, 0.05) is 29.3 Å². The summed E-state index contributed by atoms with van der Waals surface area (Å²) in [5.74, 6) is 0. The lowest BCUT2D eigenvalue weighted by atomic mass is 10.2. The van der Waals surface area contributed by atoms with Gasteiger partial charge in [0.25, 0.3) is 0 Å². The van der Waals surface area contributed by atoms with Crippen LogP contribution in [0, 0.1) is 0 Å². The van der Waals surface area contributed by atoms with Crippen LogP contribution in [-0.2, 0) is 0 Å². The van der Waals surface area contributed by atoms with E-state index in [0.29, 0.717) is 6.04 Å². The molecule has 3 rings (SSSR count). The van der Waals surface area contributed by atoms with E-state index in [-0.39, 0.29) is 0 Å². The number of rotatable bonds is 4. The second kappa shape index (κ2) is 6.19. The molecule has 0 aliphatic carbocycles. The molecule has 1 unspecified atom stereocenters. The minimum absolute atomic E-state index is 0.337. The van der Waals surface area contributed by atoms with E-state index in [4.69, 9.17) is 0 Å². The lowest BCUT2D eigenvalue weighted by Crippen LogP contribution is -2.17. The van der Waals surface area contributed by atoms with Gasteiger partial charge in [-0.25, -0.2) is 0 Å². The molecule has 106 valence electrons. The number of thiophene rings is 1. The van der Waals surface area contributed by atoms with Crippen LogP contribution < -0.4 is 10.2 Å². The zero-order valence-corrected chi connectivity index (χ0v) is 14.0. The van der Waals surface area contributed by atoms with Crippen molar-refractivity contribution >= 4 is 38.6 Å². The van der Waals surface area contributed by atoms with Crippen LogP contribution in [0.25, 0.3) is 0 Å². The first kappa shape index (κ1) is 14.0. The molecule has 2 nitrogen and oxygen atoms in total. The van der Waals surface area contributed by atoms with Crippen molar-refractivity contribution in [2.24, 2.45) is 0 Å². The van der Waals surface area contributed by atoms with E-state index in [2.05, 4.69) is 69.5 Å². The molecule has 1 saturated heterocycles. The monoisotopic (exact) mass is 350 g/mol. The Morgan fingerprint density at radius 3 is 2.40 bits per heavy atom. The summed E-state index contributed by atoms with van der Waals surface area (Å²) in [6, 6.07) is 13.4. The first-order chi connectivity index (χ1) is 9.72. The Bertz CT molecular complexity index is 558. The van der Waals surface area contributed by atoms with Crippen molar-refractivity contribution in [2.75, 3.05) is 23.3 Å². The van der Waals surface area contributed by atoms with Crippen molar-refractivity contribution in [1.82, 2.24) is 0 Å². The van der Waals surface area contributed by atoms with Gasteiger partial charge in [0.15, 0.2) is 0 Å². The lowest BCUT2D eigenvalue weighted by molar-refractivity contribution is 0.907. The van der Waals surface area contributed by atoms with E-state index in [9.17, 15) is 0 Å². The summed E-state index contributed by atoms with van der Waals surface area (Å²) in [6.07, 6.45) is 2.65. The van der Waals surface area contributed by atoms with Gasteiger partial charge in [-0.3, -0.25) is 0 Å². The summed E-state index contributed by atoms with van der Waals surface area (Å²) in [5.41, 5.74) is 2.53. The van der Waals surface area contributed by atoms with E-state index < -0.39 is 0 Å². The van der Waals surface area contributed by atoms with Crippen LogP contribution >= 0.6 is 27.3 Å². The quantitative estimate of drug-likeness (QED) is 0.806. The van der Waals surface area contributed by atoms with Crippen LogP contribution in [0.5, 0.6) is 0 Å². The molecule has 0 amide bonds. The number of nitrogens with one attached hydrogen (secondary N) is 1. The van der Waals surface area contributed by atoms with Crippen LogP contribution in [0.15, 0.2) is 40.2 Å². The second-order valence-corrected chi connectivity index (χ2v) is 7.74. The van der Waals surface area contributed by atoms with Crippen molar-refractivity contribution in [3.05, 3.63) is 45.1 Å². The average molecular weight is 351 g/mol. The molecule has 1 fully saturated rings. The van der Waals surface area contributed by atoms with E-state index in [1.807, 2.05) is 0 Å². The maximum Gasteiger partial charge on any atom is 0.0702 e. The molecule has 0 bridgehead atoms. The predicted molar refractivity (Wildman–Crippen MR) is 91.9 cm³/mol. The zero-order chi connectivity index (χ0) is 13.9. The Morgan fingerprint density at radius 1 is 1.10 bits per heavy atom. The Balaban J connectivity index is 1.65. The molecule has 1 aliphatic heterocycles. The number of hydrogen-bond acceptors (Lipinski definition) is 3. The average Bonchev–Trinajstić information content (AvgIpc) is 3.10. The Labute approximate surface area is 132 Å². The largest absolute Gasteiger partial charge is 0.378 e. The molecule has 1 atom stereocenters. The van der Waals surface area contributed by atoms with Crippen molar-refractivity contribution in [3.8, 4) is 0 Å². The summed E-state index contributed by atoms with van der Waals surface area (Å²) in [7, 11) is 0. The van der Waals surface area contributed by atoms with Crippen LogP contribution in [0.4, 0.5) is 11.4 Å². The fourth-order valence-electron chi connectivity index (χ4n) is 2.63. The summed E-state index contributed by atoms with van der Waals surface area (Å²) in [5, 5.41) is 3.56. The zero-order valence-electron chi connectivity index (χ0n) is 11.6. The Kier molecular flexibility index (Phi) is 4.32. The van der Waals surface area contributed by atoms with Gasteiger partial charge in [-0.05, 0) is 72.1 Å². The molecule has 0 spiro atoms. The van der Waals surface area contributed by atoms with E-state index >= 15 is 0 Å². The summed E-state index contributed by atoms with van der Waals surface area (Å²) < 4.78 is 1.19. The number of benzene rings is 1. The normalized spacial score (nSPS) is 16.4. The molecule has 1 aromatic carbocycles. The molecule has 1 aliphatic rings. The first-order valence-electron chi connectivity index (χ1n) is 7.09. The highest BCUT2D eigenvalue weighted by Crippen LogP contribution is 2.30. The fourth-order valence-corrected chi connectivity index (χ4v) is 4.05. The first-order valence-corrected chi connectivity index (χ1v) is 8.70. The van der Waals surface area contributed by atoms with E-state index in [1.165, 1.54) is 46.0 Å². The van der Waals surface area contributed by atoms with Gasteiger partial charge >= 0.3 is 0 Å². The Hall–Kier alpha value is -1.000. The minimum Gasteiger partial charge on any atom is -0.378 e. The molecule has 1 aromatic heterocycles. The summed E-state index contributed by atoms with van der Waals surface area (Å²) in [4.78, 5) is 3.81. The highest BCUT2D eigenvalue weighted by molar-refractivity contribution is 9.11. The number of hydrogen-bond donors (Lipinski definition) is 1. The third-order valence-electron chi connectivity index (χ3n) is 3.74. The fraction of sp³-hybridized carbons (Fsp3) is 0.375. The molecule has 2 heterocycles. The van der Waals surface area contributed by atoms with E-state index in [0.717, 1.165) is 0 Å². The third-order valence-corrected chi connectivity index (χ3v) is 5.55. The van der Waals surface area contributed by atoms with Crippen LogP contribution in [-0.4, -0.2) is 13.1 Å². The summed E-state index contributed by atoms with van der Waals surface area (Å²) >= 11 is 5.30. The predicted octanol–water partition coefficient (Wildman–Crippen LogP) is 5.28. The van der Waals surface area contributed by atoms with Crippen LogP contribution in [0.1, 0.15) is 30.7 Å². The molecule has 1 N–H and O–H groups in total. The number of halogens is 1. The van der Waals surface area contributed by atoms with Gasteiger partial charge in [-0.1, -0.05) is 0 Å². The maximum atomic E-state index is 3.56. The van der Waals surface area contributed by atoms with Crippen molar-refractivity contribution in [1.29, 1.82) is 0 Å². The number of anilines is 2. The molecule has 2 aromatic rings. The smallest absolute Gasteiger partial charge is 0.0702 e. The highest BCUT2D eigenvalue weighted by atomic mass is 79.9. The molecule has 0 radical (unpaired) electrons. The van der Waals surface area contributed by atoms with Crippen molar-refractivity contribution in [2.45, 2.75) is 25.8 Å². The van der Waals surface area contributed by atoms with Gasteiger partial charge in [-0.2, -0.15) is 0 Å². The molecule has 0 saturated carbocycles. The third kappa shape index (κ3) is 3.18. The standard InChI is InChI=1S/C16H19BrN2S/c1-12(15-8-9-16(17)20-15)18-13-4-6-14(7-5-13)19-10-2-3-11-19/h4-9,12,18H,2-3,10-11H2,1H3. The molecular weight excluding hydrogens is 332 g/mol. The van der Waals surface area contributed by atoms with Crippen molar-refractivity contribution in [3.63, 3.8) is 0 Å². The molecule has 4 heteroatoms. The van der Waals surface area contributed by atoms with Gasteiger partial charge in [-0.15, -0.1) is 11.3 Å². The van der Waals surface area contributed by atoms with Gasteiger partial charge in [0.05, 0.1) is 9.83 Å². The number of nitrogens with zero attached hydrogens (tertiary/aromatic N) is 1. The van der Waals surface area contributed by atoms with Crippen LogP contribution in [0.2, 0.25) is 0 Å². The second-order valence-electron chi connectivity index (χ2n) is 5.25. The van der Waals surface area contributed by atoms with Crippen molar-refractivity contribution < 1.29 is 0 Å². The van der Waals surface area contributed by atoms with Gasteiger partial charge in [0.1, 0.15) is 0 Å². The minimum atomic E-state index is 0.337. The Morgan fingerprint density at radius 2 is 1.80 bits per heavy atom. The highest BCUT2D eigenvalue weighted by Gasteiger charge is 2.12. The topological polar surface area (TPSA) is 15.3 Å². The van der Waals surface area contributed by atoms with Gasteiger partial charge < -0.3 is 10.2 Å². The van der Waals surface area contributed by atoms with E-state index in [1.54, 1.807) is 11.3 Å². The van der Waals surface area contributed by atoms with Gasteiger partial charge in [0.2, 0.25) is 0 Å². The molecular formula is C16H19BrN2S. The lowest BCUT2D eigenvalue weighted by Gasteiger charge is -2.19. The SMILES string of the molecule is CC(Nc1ccc(N2CCCC2)cc1)c1ccc(Br)s1. The molecule has 20 heavy (non-hydrogen) atoms. The summed E-state index contributed by atoms with van der Waals surface area (Å²) in [6.45, 7) is 4.60. The maximum absolute atomic E-state index is 3.56. The van der Waals surface area contributed by atoms with Crippen LogP contribution in [0.3, 0.4) is 0 Å².